The van der Waals surface area contributed by atoms with Crippen LogP contribution in [0.15, 0.2) is 10.3 Å². The Morgan fingerprint density at radius 1 is 1.30 bits per heavy atom. The predicted molar refractivity (Wildman–Crippen MR) is 67.2 cm³/mol. The molecule has 0 aromatic rings. The lowest BCUT2D eigenvalue weighted by Gasteiger charge is -2.17. The van der Waals surface area contributed by atoms with Gasteiger partial charge in [-0.15, -0.1) is 10.2 Å². The third-order valence-electron chi connectivity index (χ3n) is 2.47. The van der Waals surface area contributed by atoms with E-state index in [-0.39, 0.29) is 11.0 Å². The number of thioether (sulfide) groups is 2. The Balaban J connectivity index is 0.000000347. The van der Waals surface area contributed by atoms with Crippen LogP contribution >= 0.6 is 23.5 Å². The standard InChI is InChI=1S/C9H14NO2S3.ClHO4/c1-3-10(4-2)9-13-7-5-15(11,12)6-8(7)14-9;2-1(3,4)5/h5,8H,3-4,6H2,1-2H3;(H,2,3,4,5)/q+1;/p-1. The fraction of sp³-hybridized carbons (Fsp3) is 0.667. The molecule has 116 valence electrons. The summed E-state index contributed by atoms with van der Waals surface area (Å²) in [7, 11) is -7.85. The summed E-state index contributed by atoms with van der Waals surface area (Å²) in [6, 6.07) is 0. The van der Waals surface area contributed by atoms with E-state index >= 15 is 0 Å². The van der Waals surface area contributed by atoms with Gasteiger partial charge in [-0.2, -0.15) is 0 Å². The summed E-state index contributed by atoms with van der Waals surface area (Å²) >= 11 is 3.33. The average Bonchev–Trinajstić information content (AvgIpc) is 2.70. The molecule has 0 N–H and O–H groups in total. The fourth-order valence-electron chi connectivity index (χ4n) is 1.64. The van der Waals surface area contributed by atoms with Gasteiger partial charge in [-0.05, 0) is 37.4 Å². The van der Waals surface area contributed by atoms with Crippen molar-refractivity contribution in [2.75, 3.05) is 18.8 Å². The number of sulfone groups is 1. The molecule has 0 saturated carbocycles. The Kier molecular flexibility index (Phi) is 6.35. The van der Waals surface area contributed by atoms with Gasteiger partial charge in [-0.3, -0.25) is 0 Å². The lowest BCUT2D eigenvalue weighted by molar-refractivity contribution is -2.00. The monoisotopic (exact) mass is 363 g/mol. The highest BCUT2D eigenvalue weighted by Gasteiger charge is 2.41. The van der Waals surface area contributed by atoms with Gasteiger partial charge in [0.2, 0.25) is 0 Å². The molecule has 20 heavy (non-hydrogen) atoms. The second-order valence-corrected chi connectivity index (χ2v) is 9.04. The van der Waals surface area contributed by atoms with Crippen molar-refractivity contribution < 1.29 is 41.9 Å². The molecule has 2 heterocycles. The van der Waals surface area contributed by atoms with Crippen molar-refractivity contribution in [3.05, 3.63) is 10.3 Å². The van der Waals surface area contributed by atoms with Gasteiger partial charge in [-0.25, -0.2) is 31.6 Å². The topological polar surface area (TPSA) is 129 Å². The molecule has 1 fully saturated rings. The Hall–Kier alpha value is 0.190. The molecule has 1 atom stereocenters. The van der Waals surface area contributed by atoms with Crippen LogP contribution in [0.3, 0.4) is 0 Å². The number of rotatable bonds is 2. The first-order valence-corrected chi connectivity index (χ1v) is 10.2. The van der Waals surface area contributed by atoms with Crippen LogP contribution in [0.25, 0.3) is 0 Å². The molecular weight excluding hydrogens is 350 g/mol. The van der Waals surface area contributed by atoms with E-state index in [4.69, 9.17) is 18.6 Å². The van der Waals surface area contributed by atoms with Gasteiger partial charge in [0.15, 0.2) is 9.84 Å². The zero-order chi connectivity index (χ0) is 15.6. The van der Waals surface area contributed by atoms with E-state index < -0.39 is 20.1 Å². The first-order valence-electron chi connectivity index (χ1n) is 5.58. The molecule has 0 amide bonds. The molecule has 0 radical (unpaired) electrons. The zero-order valence-electron chi connectivity index (χ0n) is 10.8. The largest absolute Gasteiger partial charge is 0.275 e. The SMILES string of the molecule is CC[N+](CC)=C1SC2=CS(=O)(=O)CC2S1.[O-][Cl+3]([O-])([O-])[O-]. The van der Waals surface area contributed by atoms with Crippen LogP contribution in [-0.4, -0.2) is 41.5 Å². The van der Waals surface area contributed by atoms with Gasteiger partial charge in [0.05, 0.1) is 11.0 Å². The van der Waals surface area contributed by atoms with Crippen molar-refractivity contribution in [2.24, 2.45) is 0 Å². The van der Waals surface area contributed by atoms with Crippen molar-refractivity contribution in [1.29, 1.82) is 0 Å². The number of halogens is 1. The third kappa shape index (κ3) is 5.90. The predicted octanol–water partition coefficient (Wildman–Crippen LogP) is -3.24. The quantitative estimate of drug-likeness (QED) is 0.468. The van der Waals surface area contributed by atoms with Crippen LogP contribution in [0.2, 0.25) is 0 Å². The molecule has 0 aromatic carbocycles. The van der Waals surface area contributed by atoms with Crippen LogP contribution in [0.1, 0.15) is 13.8 Å². The van der Waals surface area contributed by atoms with E-state index in [0.717, 1.165) is 18.0 Å². The van der Waals surface area contributed by atoms with E-state index in [1.165, 1.54) is 9.78 Å². The summed E-state index contributed by atoms with van der Waals surface area (Å²) in [4.78, 5) is 1.02. The minimum Gasteiger partial charge on any atom is -0.224 e. The highest BCUT2D eigenvalue weighted by molar-refractivity contribution is 8.43. The fourth-order valence-corrected chi connectivity index (χ4v) is 7.28. The number of nitrogens with zero attached hydrogens (tertiary/aromatic N) is 1. The van der Waals surface area contributed by atoms with Crippen LogP contribution in [0.5, 0.6) is 0 Å². The first kappa shape index (κ1) is 18.2. The van der Waals surface area contributed by atoms with Gasteiger partial charge in [0.25, 0.3) is 4.38 Å². The van der Waals surface area contributed by atoms with E-state index in [1.807, 2.05) is 0 Å². The van der Waals surface area contributed by atoms with Crippen LogP contribution < -0.4 is 18.6 Å². The van der Waals surface area contributed by atoms with E-state index in [0.29, 0.717) is 0 Å². The molecule has 7 nitrogen and oxygen atoms in total. The summed E-state index contributed by atoms with van der Waals surface area (Å²) in [6.45, 7) is 6.21. The molecule has 11 heteroatoms. The summed E-state index contributed by atoms with van der Waals surface area (Å²) in [5, 5.41) is 1.61. The van der Waals surface area contributed by atoms with Crippen LogP contribution in [0, 0.1) is 10.2 Å². The number of hydrogen-bond acceptors (Lipinski definition) is 8. The minimum atomic E-state index is -4.94. The maximum absolute atomic E-state index is 11.3. The van der Waals surface area contributed by atoms with Crippen molar-refractivity contribution in [2.45, 2.75) is 19.1 Å². The third-order valence-corrected chi connectivity index (χ3v) is 7.16. The Morgan fingerprint density at radius 3 is 2.20 bits per heavy atom. The molecule has 2 aliphatic rings. The van der Waals surface area contributed by atoms with Crippen LogP contribution in [-0.2, 0) is 9.84 Å². The molecule has 0 bridgehead atoms. The average molecular weight is 364 g/mol. The lowest BCUT2D eigenvalue weighted by atomic mass is 10.5. The lowest BCUT2D eigenvalue weighted by Crippen LogP contribution is -2.68. The molecule has 0 aliphatic carbocycles. The minimum absolute atomic E-state index is 0.163. The molecule has 2 aliphatic heterocycles. The van der Waals surface area contributed by atoms with Crippen LogP contribution in [0.4, 0.5) is 0 Å². The summed E-state index contributed by atoms with van der Waals surface area (Å²) in [5.74, 6) is 0.283. The first-order chi connectivity index (χ1) is 9.05. The summed E-state index contributed by atoms with van der Waals surface area (Å²) in [5.41, 5.74) is 0. The van der Waals surface area contributed by atoms with Crippen molar-refractivity contribution in [1.82, 2.24) is 0 Å². The van der Waals surface area contributed by atoms with Gasteiger partial charge in [-0.1, -0.05) is 0 Å². The smallest absolute Gasteiger partial charge is 0.224 e. The molecule has 0 spiro atoms. The number of fused-ring (bicyclic) bond motifs is 1. The molecule has 1 saturated heterocycles. The van der Waals surface area contributed by atoms with Gasteiger partial charge in [0.1, 0.15) is 13.1 Å². The normalized spacial score (nSPS) is 23.8. The maximum Gasteiger partial charge on any atom is 0.275 e. The second-order valence-electron chi connectivity index (χ2n) is 3.87. The van der Waals surface area contributed by atoms with E-state index in [2.05, 4.69) is 18.4 Å². The summed E-state index contributed by atoms with van der Waals surface area (Å²) < 4.78 is 60.2. The van der Waals surface area contributed by atoms with Gasteiger partial charge < -0.3 is 0 Å². The van der Waals surface area contributed by atoms with Gasteiger partial charge >= 0.3 is 0 Å². The summed E-state index contributed by atoms with van der Waals surface area (Å²) in [6.07, 6.45) is 0. The van der Waals surface area contributed by atoms with Gasteiger partial charge in [0, 0.05) is 10.3 Å². The molecular formula is C9H14ClNO6S3. The second kappa shape index (κ2) is 6.97. The number of hydrogen-bond donors (Lipinski definition) is 0. The molecule has 2 rings (SSSR count). The molecule has 1 unspecified atom stereocenters. The van der Waals surface area contributed by atoms with Crippen molar-refractivity contribution >= 4 is 37.7 Å². The zero-order valence-corrected chi connectivity index (χ0v) is 14.0. The van der Waals surface area contributed by atoms with Crippen molar-refractivity contribution in [3.63, 3.8) is 0 Å². The Bertz CT molecular complexity index is 512. The Labute approximate surface area is 128 Å². The highest BCUT2D eigenvalue weighted by Crippen LogP contribution is 2.46. The highest BCUT2D eigenvalue weighted by atomic mass is 35.7. The van der Waals surface area contributed by atoms with E-state index in [9.17, 15) is 8.42 Å². The molecule has 0 aromatic heterocycles. The maximum atomic E-state index is 11.3. The van der Waals surface area contributed by atoms with Crippen molar-refractivity contribution in [3.8, 4) is 0 Å². The Morgan fingerprint density at radius 2 is 1.80 bits per heavy atom. The van der Waals surface area contributed by atoms with E-state index in [1.54, 1.807) is 23.5 Å².